The smallest absolute Gasteiger partial charge is 0.477 e. The minimum Gasteiger partial charge on any atom is -0.477 e. The molecule has 5 nitrogen and oxygen atoms in total. The molecule has 1 aromatic heterocycles. The third-order valence-corrected chi connectivity index (χ3v) is 1.84. The van der Waals surface area contributed by atoms with Crippen molar-refractivity contribution in [2.24, 2.45) is 5.73 Å². The molecule has 17 heavy (non-hydrogen) atoms. The number of nitrogens with zero attached hydrogens (tertiary/aromatic N) is 1. The quantitative estimate of drug-likeness (QED) is 0.847. The largest absolute Gasteiger partial charge is 0.574 e. The number of nitrogens with two attached hydrogens (primary N) is 1. The van der Waals surface area contributed by atoms with Crippen LogP contribution < -0.4 is 10.5 Å². The van der Waals surface area contributed by atoms with Crippen LogP contribution in [0.4, 0.5) is 13.2 Å². The Kier molecular flexibility index (Phi) is 3.56. The van der Waals surface area contributed by atoms with Gasteiger partial charge in [0.2, 0.25) is 5.88 Å². The average Bonchev–Trinajstić information content (AvgIpc) is 2.12. The van der Waals surface area contributed by atoms with Crippen molar-refractivity contribution in [3.63, 3.8) is 0 Å². The third kappa shape index (κ3) is 3.31. The number of carboxylic acid groups (broad SMARTS) is 1. The van der Waals surface area contributed by atoms with E-state index in [2.05, 4.69) is 9.72 Å². The van der Waals surface area contributed by atoms with Crippen molar-refractivity contribution in [3.8, 4) is 5.88 Å². The van der Waals surface area contributed by atoms with Crippen molar-refractivity contribution < 1.29 is 27.8 Å². The highest BCUT2D eigenvalue weighted by molar-refractivity contribution is 5.92. The molecule has 0 fully saturated rings. The normalized spacial score (nSPS) is 11.4. The lowest BCUT2D eigenvalue weighted by molar-refractivity contribution is -0.276. The number of aromatic carboxylic acids is 1. The second-order valence-corrected chi connectivity index (χ2v) is 3.16. The van der Waals surface area contributed by atoms with Gasteiger partial charge in [-0.15, -0.1) is 13.2 Å². The Morgan fingerprint density at radius 1 is 1.59 bits per heavy atom. The molecule has 0 bridgehead atoms. The molecule has 0 spiro atoms. The van der Waals surface area contributed by atoms with Gasteiger partial charge in [0.1, 0.15) is 5.56 Å². The molecule has 0 aliphatic heterocycles. The summed E-state index contributed by atoms with van der Waals surface area (Å²) >= 11 is 0. The minimum absolute atomic E-state index is 0.0317. The van der Waals surface area contributed by atoms with Gasteiger partial charge in [-0.1, -0.05) is 0 Å². The van der Waals surface area contributed by atoms with Gasteiger partial charge in [0.25, 0.3) is 0 Å². The molecule has 1 aromatic rings. The number of carbonyl (C=O) groups is 1. The Bertz CT molecular complexity index is 446. The predicted molar refractivity (Wildman–Crippen MR) is 50.5 cm³/mol. The van der Waals surface area contributed by atoms with Crippen LogP contribution in [0.3, 0.4) is 0 Å². The summed E-state index contributed by atoms with van der Waals surface area (Å²) in [6.07, 6.45) is -5.00. The first-order valence-corrected chi connectivity index (χ1v) is 4.44. The molecule has 0 aliphatic rings. The van der Waals surface area contributed by atoms with E-state index in [0.717, 1.165) is 0 Å². The zero-order chi connectivity index (χ0) is 13.2. The fraction of sp³-hybridized carbons (Fsp3) is 0.333. The average molecular weight is 250 g/mol. The Morgan fingerprint density at radius 3 is 2.59 bits per heavy atom. The molecule has 94 valence electrons. The number of carboxylic acids is 1. The molecule has 8 heteroatoms. The van der Waals surface area contributed by atoms with E-state index in [9.17, 15) is 18.0 Å². The van der Waals surface area contributed by atoms with Crippen molar-refractivity contribution >= 4 is 5.97 Å². The van der Waals surface area contributed by atoms with Crippen molar-refractivity contribution in [1.82, 2.24) is 4.98 Å². The third-order valence-electron chi connectivity index (χ3n) is 1.84. The highest BCUT2D eigenvalue weighted by Gasteiger charge is 2.34. The van der Waals surface area contributed by atoms with E-state index in [1.165, 1.54) is 13.0 Å². The monoisotopic (exact) mass is 250 g/mol. The van der Waals surface area contributed by atoms with E-state index in [-0.39, 0.29) is 17.8 Å². The summed E-state index contributed by atoms with van der Waals surface area (Å²) in [5.74, 6) is -2.57. The molecule has 0 saturated heterocycles. The Hall–Kier alpha value is -1.83. The summed E-state index contributed by atoms with van der Waals surface area (Å²) in [6.45, 7) is 1.19. The van der Waals surface area contributed by atoms with Gasteiger partial charge >= 0.3 is 12.3 Å². The number of alkyl halides is 3. The molecule has 0 radical (unpaired) electrons. The number of halogens is 3. The van der Waals surface area contributed by atoms with E-state index >= 15 is 0 Å². The molecule has 0 aliphatic carbocycles. The highest BCUT2D eigenvalue weighted by atomic mass is 19.4. The topological polar surface area (TPSA) is 85.4 Å². The zero-order valence-corrected chi connectivity index (χ0v) is 8.71. The molecule has 0 unspecified atom stereocenters. The van der Waals surface area contributed by atoms with Gasteiger partial charge in [-0.05, 0) is 18.6 Å². The second kappa shape index (κ2) is 4.58. The van der Waals surface area contributed by atoms with E-state index in [1.807, 2.05) is 0 Å². The maximum absolute atomic E-state index is 12.1. The minimum atomic E-state index is -5.00. The van der Waals surface area contributed by atoms with Gasteiger partial charge in [-0.3, -0.25) is 0 Å². The predicted octanol–water partition coefficient (Wildman–Crippen LogP) is 1.45. The van der Waals surface area contributed by atoms with Crippen molar-refractivity contribution in [3.05, 3.63) is 22.9 Å². The lowest BCUT2D eigenvalue weighted by Gasteiger charge is -2.13. The first-order chi connectivity index (χ1) is 7.74. The number of aryl methyl sites for hydroxylation is 1. The zero-order valence-electron chi connectivity index (χ0n) is 8.71. The van der Waals surface area contributed by atoms with Crippen molar-refractivity contribution in [2.75, 3.05) is 0 Å². The van der Waals surface area contributed by atoms with Crippen LogP contribution in [0.15, 0.2) is 6.07 Å². The number of rotatable bonds is 3. The van der Waals surface area contributed by atoms with Crippen LogP contribution >= 0.6 is 0 Å². The van der Waals surface area contributed by atoms with Crippen LogP contribution in [0, 0.1) is 6.92 Å². The first-order valence-electron chi connectivity index (χ1n) is 4.44. The lowest BCUT2D eigenvalue weighted by atomic mass is 10.1. The maximum atomic E-state index is 12.1. The van der Waals surface area contributed by atoms with E-state index < -0.39 is 23.8 Å². The lowest BCUT2D eigenvalue weighted by Crippen LogP contribution is -2.21. The highest BCUT2D eigenvalue weighted by Crippen LogP contribution is 2.27. The van der Waals surface area contributed by atoms with Crippen LogP contribution in [0.1, 0.15) is 21.6 Å². The Labute approximate surface area is 94.0 Å². The molecule has 1 heterocycles. The van der Waals surface area contributed by atoms with Gasteiger partial charge in [0.15, 0.2) is 0 Å². The van der Waals surface area contributed by atoms with E-state index in [0.29, 0.717) is 0 Å². The second-order valence-electron chi connectivity index (χ2n) is 3.16. The van der Waals surface area contributed by atoms with Crippen LogP contribution in [-0.2, 0) is 6.54 Å². The van der Waals surface area contributed by atoms with Crippen LogP contribution in [0.2, 0.25) is 0 Å². The summed E-state index contributed by atoms with van der Waals surface area (Å²) in [4.78, 5) is 14.3. The summed E-state index contributed by atoms with van der Waals surface area (Å²) in [7, 11) is 0. The Balaban J connectivity index is 3.35. The summed E-state index contributed by atoms with van der Waals surface area (Å²) in [5.41, 5.74) is 4.81. The summed E-state index contributed by atoms with van der Waals surface area (Å²) in [6, 6.07) is 1.30. The number of pyridine rings is 1. The molecule has 0 aromatic carbocycles. The fourth-order valence-electron chi connectivity index (χ4n) is 1.28. The van der Waals surface area contributed by atoms with Crippen LogP contribution in [0.5, 0.6) is 5.88 Å². The van der Waals surface area contributed by atoms with E-state index in [1.54, 1.807) is 0 Å². The molecule has 1 rings (SSSR count). The summed E-state index contributed by atoms with van der Waals surface area (Å²) < 4.78 is 39.8. The van der Waals surface area contributed by atoms with Crippen molar-refractivity contribution in [2.45, 2.75) is 19.8 Å². The summed E-state index contributed by atoms with van der Waals surface area (Å²) in [5, 5.41) is 8.82. The first kappa shape index (κ1) is 13.2. The van der Waals surface area contributed by atoms with E-state index in [4.69, 9.17) is 10.8 Å². The Morgan fingerprint density at radius 2 is 2.18 bits per heavy atom. The maximum Gasteiger partial charge on any atom is 0.574 e. The number of aromatic nitrogens is 1. The van der Waals surface area contributed by atoms with Gasteiger partial charge in [0, 0.05) is 12.2 Å². The van der Waals surface area contributed by atoms with Gasteiger partial charge in [-0.25, -0.2) is 9.78 Å². The number of ether oxygens (including phenoxy) is 1. The standard InChI is InChI=1S/C9H9F3N2O3/c1-4-2-5(3-13)6(8(15)16)7(14-4)17-9(10,11)12/h2H,3,13H2,1H3,(H,15,16). The molecular weight excluding hydrogens is 241 g/mol. The van der Waals surface area contributed by atoms with Crippen LogP contribution in [-0.4, -0.2) is 22.4 Å². The molecular formula is C9H9F3N2O3. The molecule has 0 atom stereocenters. The van der Waals surface area contributed by atoms with Crippen molar-refractivity contribution in [1.29, 1.82) is 0 Å². The SMILES string of the molecule is Cc1cc(CN)c(C(=O)O)c(OC(F)(F)F)n1. The number of hydrogen-bond donors (Lipinski definition) is 2. The molecule has 0 saturated carbocycles. The van der Waals surface area contributed by atoms with Gasteiger partial charge < -0.3 is 15.6 Å². The fourth-order valence-corrected chi connectivity index (χ4v) is 1.28. The molecule has 3 N–H and O–H groups in total. The number of hydrogen-bond acceptors (Lipinski definition) is 4. The van der Waals surface area contributed by atoms with Crippen LogP contribution in [0.25, 0.3) is 0 Å². The van der Waals surface area contributed by atoms with Gasteiger partial charge in [0.05, 0.1) is 0 Å². The van der Waals surface area contributed by atoms with Gasteiger partial charge in [-0.2, -0.15) is 0 Å². The molecule has 0 amide bonds.